The van der Waals surface area contributed by atoms with Crippen LogP contribution in [0.4, 0.5) is 5.82 Å². The number of hydrogen-bond acceptors (Lipinski definition) is 3. The van der Waals surface area contributed by atoms with Gasteiger partial charge in [-0.25, -0.2) is 9.78 Å². The first kappa shape index (κ1) is 9.71. The summed E-state index contributed by atoms with van der Waals surface area (Å²) < 4.78 is 0. The number of hydrogen-bond donors (Lipinski definition) is 1. The molecule has 1 unspecified atom stereocenters. The lowest BCUT2D eigenvalue weighted by Gasteiger charge is -2.20. The number of aromatic carboxylic acids is 1. The van der Waals surface area contributed by atoms with Crippen molar-refractivity contribution in [2.24, 2.45) is 0 Å². The van der Waals surface area contributed by atoms with Crippen LogP contribution >= 0.6 is 0 Å². The Hall–Kier alpha value is -1.84. The third-order valence-electron chi connectivity index (χ3n) is 2.48. The van der Waals surface area contributed by atoms with Crippen LogP contribution in [0.5, 0.6) is 0 Å². The molecule has 1 aromatic rings. The first-order chi connectivity index (χ1) is 7.18. The monoisotopic (exact) mass is 204 g/mol. The van der Waals surface area contributed by atoms with E-state index in [1.165, 1.54) is 6.20 Å². The second-order valence-corrected chi connectivity index (χ2v) is 3.59. The van der Waals surface area contributed by atoms with Crippen molar-refractivity contribution in [2.45, 2.75) is 19.4 Å². The van der Waals surface area contributed by atoms with Gasteiger partial charge in [-0.05, 0) is 25.5 Å². The van der Waals surface area contributed by atoms with Gasteiger partial charge in [0, 0.05) is 18.4 Å². The standard InChI is InChI=1S/C11H12N2O2/c1-8-3-2-6-13(8)10-5-4-9(7-12-10)11(14)15/h2,4-8H,3H2,1H3,(H,14,15). The minimum absolute atomic E-state index is 0.217. The van der Waals surface area contributed by atoms with E-state index in [-0.39, 0.29) is 5.56 Å². The van der Waals surface area contributed by atoms with E-state index in [1.54, 1.807) is 12.1 Å². The summed E-state index contributed by atoms with van der Waals surface area (Å²) >= 11 is 0. The maximum Gasteiger partial charge on any atom is 0.337 e. The Labute approximate surface area is 87.9 Å². The minimum atomic E-state index is -0.945. The normalized spacial score (nSPS) is 19.5. The maximum absolute atomic E-state index is 10.6. The van der Waals surface area contributed by atoms with Crippen LogP contribution < -0.4 is 4.90 Å². The smallest absolute Gasteiger partial charge is 0.337 e. The van der Waals surface area contributed by atoms with E-state index in [0.717, 1.165) is 12.2 Å². The van der Waals surface area contributed by atoms with Gasteiger partial charge in [0.05, 0.1) is 5.56 Å². The van der Waals surface area contributed by atoms with Gasteiger partial charge in [-0.2, -0.15) is 0 Å². The number of aromatic nitrogens is 1. The average Bonchev–Trinajstić information content (AvgIpc) is 2.65. The zero-order valence-electron chi connectivity index (χ0n) is 8.42. The van der Waals surface area contributed by atoms with E-state index in [9.17, 15) is 4.79 Å². The lowest BCUT2D eigenvalue weighted by molar-refractivity contribution is 0.0696. The van der Waals surface area contributed by atoms with Crippen LogP contribution in [0.15, 0.2) is 30.6 Å². The van der Waals surface area contributed by atoms with Crippen molar-refractivity contribution in [1.82, 2.24) is 4.98 Å². The molecule has 2 heterocycles. The molecule has 1 N–H and O–H groups in total. The summed E-state index contributed by atoms with van der Waals surface area (Å²) in [4.78, 5) is 16.8. The molecule has 78 valence electrons. The molecule has 2 rings (SSSR count). The summed E-state index contributed by atoms with van der Waals surface area (Å²) in [5.41, 5.74) is 0.217. The number of pyridine rings is 1. The molecular formula is C11H12N2O2. The van der Waals surface area contributed by atoms with Crippen LogP contribution in [0, 0.1) is 0 Å². The third-order valence-corrected chi connectivity index (χ3v) is 2.48. The van der Waals surface area contributed by atoms with Gasteiger partial charge in [0.1, 0.15) is 5.82 Å². The van der Waals surface area contributed by atoms with E-state index < -0.39 is 5.97 Å². The Morgan fingerprint density at radius 2 is 2.40 bits per heavy atom. The first-order valence-corrected chi connectivity index (χ1v) is 4.83. The number of rotatable bonds is 2. The highest BCUT2D eigenvalue weighted by atomic mass is 16.4. The highest BCUT2D eigenvalue weighted by Crippen LogP contribution is 2.21. The summed E-state index contributed by atoms with van der Waals surface area (Å²) in [6, 6.07) is 3.70. The zero-order valence-corrected chi connectivity index (χ0v) is 8.42. The van der Waals surface area contributed by atoms with Crippen LogP contribution in [0.1, 0.15) is 23.7 Å². The summed E-state index contributed by atoms with van der Waals surface area (Å²) in [5.74, 6) is -0.152. The second kappa shape index (κ2) is 3.73. The summed E-state index contributed by atoms with van der Waals surface area (Å²) in [6.45, 7) is 2.10. The van der Waals surface area contributed by atoms with Crippen molar-refractivity contribution < 1.29 is 9.90 Å². The molecule has 4 nitrogen and oxygen atoms in total. The Kier molecular flexibility index (Phi) is 2.41. The van der Waals surface area contributed by atoms with Gasteiger partial charge in [0.2, 0.25) is 0 Å². The Morgan fingerprint density at radius 1 is 1.60 bits per heavy atom. The molecule has 15 heavy (non-hydrogen) atoms. The van der Waals surface area contributed by atoms with Crippen molar-refractivity contribution in [3.05, 3.63) is 36.2 Å². The van der Waals surface area contributed by atoms with Crippen molar-refractivity contribution in [1.29, 1.82) is 0 Å². The van der Waals surface area contributed by atoms with E-state index >= 15 is 0 Å². The van der Waals surface area contributed by atoms with Gasteiger partial charge < -0.3 is 10.0 Å². The lowest BCUT2D eigenvalue weighted by Crippen LogP contribution is -2.23. The molecule has 0 spiro atoms. The zero-order chi connectivity index (χ0) is 10.8. The highest BCUT2D eigenvalue weighted by Gasteiger charge is 2.16. The highest BCUT2D eigenvalue weighted by molar-refractivity contribution is 5.87. The molecule has 0 radical (unpaired) electrons. The van der Waals surface area contributed by atoms with Crippen LogP contribution in [0.3, 0.4) is 0 Å². The third kappa shape index (κ3) is 1.83. The van der Waals surface area contributed by atoms with Crippen LogP contribution in [0.2, 0.25) is 0 Å². The number of nitrogens with zero attached hydrogens (tertiary/aromatic N) is 2. The summed E-state index contributed by atoms with van der Waals surface area (Å²) in [7, 11) is 0. The molecular weight excluding hydrogens is 192 g/mol. The molecule has 1 aromatic heterocycles. The first-order valence-electron chi connectivity index (χ1n) is 4.83. The predicted molar refractivity (Wildman–Crippen MR) is 56.9 cm³/mol. The van der Waals surface area contributed by atoms with E-state index in [2.05, 4.69) is 18.0 Å². The molecule has 0 aromatic carbocycles. The summed E-state index contributed by atoms with van der Waals surface area (Å²) in [6.07, 6.45) is 6.45. The topological polar surface area (TPSA) is 53.4 Å². The quantitative estimate of drug-likeness (QED) is 0.799. The number of carbonyl (C=O) groups is 1. The Balaban J connectivity index is 2.23. The molecule has 1 aliphatic rings. The van der Waals surface area contributed by atoms with E-state index in [4.69, 9.17) is 5.11 Å². The van der Waals surface area contributed by atoms with Crippen LogP contribution in [-0.4, -0.2) is 22.1 Å². The van der Waals surface area contributed by atoms with Gasteiger partial charge >= 0.3 is 5.97 Å². The Bertz CT molecular complexity index is 398. The second-order valence-electron chi connectivity index (χ2n) is 3.59. The lowest BCUT2D eigenvalue weighted by atomic mass is 10.2. The van der Waals surface area contributed by atoms with Crippen molar-refractivity contribution >= 4 is 11.8 Å². The van der Waals surface area contributed by atoms with Crippen molar-refractivity contribution in [2.75, 3.05) is 4.90 Å². The SMILES string of the molecule is CC1CC=CN1c1ccc(C(=O)O)cn1. The van der Waals surface area contributed by atoms with Crippen molar-refractivity contribution in [3.63, 3.8) is 0 Å². The molecule has 0 aliphatic carbocycles. The number of carboxylic acids is 1. The fourth-order valence-corrected chi connectivity index (χ4v) is 1.60. The van der Waals surface area contributed by atoms with Crippen molar-refractivity contribution in [3.8, 4) is 0 Å². The molecule has 4 heteroatoms. The van der Waals surface area contributed by atoms with Gasteiger partial charge in [-0.15, -0.1) is 0 Å². The fraction of sp³-hybridized carbons (Fsp3) is 0.273. The number of carboxylic acid groups (broad SMARTS) is 1. The predicted octanol–water partition coefficient (Wildman–Crippen LogP) is 1.89. The average molecular weight is 204 g/mol. The van der Waals surface area contributed by atoms with Gasteiger partial charge in [-0.3, -0.25) is 0 Å². The molecule has 0 saturated carbocycles. The van der Waals surface area contributed by atoms with Gasteiger partial charge in [0.15, 0.2) is 0 Å². The van der Waals surface area contributed by atoms with E-state index in [1.807, 2.05) is 11.1 Å². The fourth-order valence-electron chi connectivity index (χ4n) is 1.60. The van der Waals surface area contributed by atoms with Gasteiger partial charge in [-0.1, -0.05) is 6.08 Å². The Morgan fingerprint density at radius 3 is 2.87 bits per heavy atom. The largest absolute Gasteiger partial charge is 0.478 e. The maximum atomic E-state index is 10.6. The van der Waals surface area contributed by atoms with E-state index in [0.29, 0.717) is 6.04 Å². The minimum Gasteiger partial charge on any atom is -0.478 e. The summed E-state index contributed by atoms with van der Waals surface area (Å²) in [5, 5.41) is 8.73. The van der Waals surface area contributed by atoms with Crippen LogP contribution in [-0.2, 0) is 0 Å². The molecule has 0 bridgehead atoms. The molecule has 0 fully saturated rings. The molecule has 0 saturated heterocycles. The molecule has 1 aliphatic heterocycles. The molecule has 0 amide bonds. The van der Waals surface area contributed by atoms with Crippen LogP contribution in [0.25, 0.3) is 0 Å². The molecule has 1 atom stereocenters. The van der Waals surface area contributed by atoms with Gasteiger partial charge in [0.25, 0.3) is 0 Å². The number of anilines is 1.